The number of nitrogen functional groups attached to an aromatic ring is 2. The first-order valence-electron chi connectivity index (χ1n) is 15.4. The highest BCUT2D eigenvalue weighted by Gasteiger charge is 2.20. The van der Waals surface area contributed by atoms with Crippen molar-refractivity contribution in [3.05, 3.63) is 34.6 Å². The molecule has 0 saturated carbocycles. The summed E-state index contributed by atoms with van der Waals surface area (Å²) in [4.78, 5) is 26.6. The molecule has 2 heterocycles. The third-order valence-corrected chi connectivity index (χ3v) is 8.71. The molecule has 15 nitrogen and oxygen atoms in total. The van der Waals surface area contributed by atoms with Gasteiger partial charge in [-0.15, -0.1) is 0 Å². The van der Waals surface area contributed by atoms with Gasteiger partial charge >= 0.3 is 0 Å². The van der Waals surface area contributed by atoms with Gasteiger partial charge in [0, 0.05) is 19.1 Å². The van der Waals surface area contributed by atoms with Crippen LogP contribution in [0.4, 0.5) is 17.3 Å². The number of halogens is 1. The quantitative estimate of drug-likeness (QED) is 0.0546. The summed E-state index contributed by atoms with van der Waals surface area (Å²) in [6.07, 6.45) is 7.55. The molecule has 46 heavy (non-hydrogen) atoms. The number of guanidine groups is 1. The van der Waals surface area contributed by atoms with Gasteiger partial charge in [0.2, 0.25) is 10.0 Å². The number of nitrogens with two attached hydrogens (primary N) is 3. The van der Waals surface area contributed by atoms with Crippen molar-refractivity contribution in [2.45, 2.75) is 64.0 Å². The number of carbonyl (C=O) groups is 1. The maximum Gasteiger partial charge on any atom is 0.280 e. The van der Waals surface area contributed by atoms with Gasteiger partial charge in [-0.05, 0) is 82.3 Å². The third-order valence-electron chi connectivity index (χ3n) is 7.84. The van der Waals surface area contributed by atoms with E-state index in [0.717, 1.165) is 51.6 Å². The van der Waals surface area contributed by atoms with Crippen molar-refractivity contribution < 1.29 is 23.4 Å². The second-order valence-corrected chi connectivity index (χ2v) is 13.9. The number of nitrogens with zero attached hydrogens (tertiary/aromatic N) is 4. The lowest BCUT2D eigenvalue weighted by molar-refractivity contribution is 0.0972. The maximum absolute atomic E-state index is 12.3. The van der Waals surface area contributed by atoms with Gasteiger partial charge in [0.25, 0.3) is 5.91 Å². The summed E-state index contributed by atoms with van der Waals surface area (Å²) in [6, 6.07) is 4.60. The van der Waals surface area contributed by atoms with E-state index in [2.05, 4.69) is 42.1 Å². The Morgan fingerprint density at radius 3 is 2.59 bits per heavy atom. The normalized spacial score (nSPS) is 16.2. The minimum Gasteiger partial charge on any atom is -0.506 e. The zero-order chi connectivity index (χ0) is 33.9. The highest BCUT2D eigenvalue weighted by atomic mass is 35.5. The molecule has 1 aliphatic rings. The van der Waals surface area contributed by atoms with Crippen LogP contribution in [-0.2, 0) is 10.0 Å². The number of likely N-dealkylation sites (tertiary alicyclic amines) is 1. The van der Waals surface area contributed by atoms with Crippen LogP contribution < -0.4 is 32.6 Å². The Hall–Kier alpha value is -3.44. The summed E-state index contributed by atoms with van der Waals surface area (Å²) in [5.41, 5.74) is 17.4. The monoisotopic (exact) mass is 682 g/mol. The first-order chi connectivity index (χ1) is 21.7. The zero-order valence-corrected chi connectivity index (χ0v) is 27.9. The number of hydrogen-bond acceptors (Lipinski definition) is 12. The molecule has 2 aromatic rings. The number of aromatic nitrogens is 2. The molecule has 1 aromatic heterocycles. The molecule has 2 atom stereocenters. The molecule has 1 amide bonds. The number of sulfonamides is 1. The summed E-state index contributed by atoms with van der Waals surface area (Å²) < 4.78 is 25.3. The predicted molar refractivity (Wildman–Crippen MR) is 181 cm³/mol. The lowest BCUT2D eigenvalue weighted by Gasteiger charge is -2.32. The van der Waals surface area contributed by atoms with Crippen LogP contribution in [0.3, 0.4) is 0 Å². The molecule has 1 saturated heterocycles. The average molecular weight is 683 g/mol. The van der Waals surface area contributed by atoms with Gasteiger partial charge in [-0.3, -0.25) is 19.8 Å². The van der Waals surface area contributed by atoms with Gasteiger partial charge in [0.15, 0.2) is 28.4 Å². The number of hydrogen-bond donors (Lipinski definition) is 8. The van der Waals surface area contributed by atoms with Crippen molar-refractivity contribution in [2.24, 2.45) is 16.6 Å². The molecular weight excluding hydrogens is 636 g/mol. The maximum atomic E-state index is 12.3. The average Bonchev–Trinajstić information content (AvgIpc) is 2.98. The standard InChI is InChI=1S/C29H47ClN10O5S/c1-18(35-17-23(42)20-8-9-22(41)21(16-20)39-46(2,44)45)6-5-7-19-10-14-40(15-11-19)13-4-3-12-34-29(33)38-28(43)24-26(31)37-27(32)25(30)36-24/h8-9,16,18-19,23,35,39,41-42H,3-7,10-15,17H2,1-2H3,(H4,31,32,37)(H3,33,34,38,43)/t18-,23+/m1/s1. The number of phenols is 1. The zero-order valence-electron chi connectivity index (χ0n) is 26.4. The fraction of sp³-hybridized carbons (Fsp3) is 0.586. The van der Waals surface area contributed by atoms with Crippen molar-refractivity contribution >= 4 is 50.8 Å². The number of aliphatic hydroxyl groups excluding tert-OH is 1. The van der Waals surface area contributed by atoms with Crippen LogP contribution in [0.5, 0.6) is 5.75 Å². The lowest BCUT2D eigenvalue weighted by Crippen LogP contribution is -2.38. The molecule has 0 aliphatic carbocycles. The number of aliphatic imine (C=N–C) groups is 1. The highest BCUT2D eigenvalue weighted by molar-refractivity contribution is 7.92. The molecule has 0 spiro atoms. The second-order valence-electron chi connectivity index (χ2n) is 11.8. The first kappa shape index (κ1) is 37.0. The molecule has 11 N–H and O–H groups in total. The van der Waals surface area contributed by atoms with Crippen molar-refractivity contribution in [3.63, 3.8) is 0 Å². The summed E-state index contributed by atoms with van der Waals surface area (Å²) in [6.45, 7) is 6.02. The molecule has 1 aliphatic heterocycles. The van der Waals surface area contributed by atoms with E-state index in [1.165, 1.54) is 31.4 Å². The van der Waals surface area contributed by atoms with Crippen molar-refractivity contribution in [1.82, 2.24) is 25.5 Å². The molecule has 3 rings (SSSR count). The van der Waals surface area contributed by atoms with Gasteiger partial charge in [0.05, 0.1) is 18.0 Å². The Bertz CT molecular complexity index is 1450. The molecule has 0 radical (unpaired) electrons. The third kappa shape index (κ3) is 12.4. The number of aromatic hydroxyl groups is 1. The van der Waals surface area contributed by atoms with E-state index in [0.29, 0.717) is 24.6 Å². The van der Waals surface area contributed by atoms with Gasteiger partial charge in [-0.25, -0.2) is 18.4 Å². The number of unbranched alkanes of at least 4 members (excludes halogenated alkanes) is 1. The Kier molecular flexibility index (Phi) is 14.1. The summed E-state index contributed by atoms with van der Waals surface area (Å²) >= 11 is 5.82. The van der Waals surface area contributed by atoms with Gasteiger partial charge < -0.3 is 37.6 Å². The number of carbonyl (C=O) groups excluding carboxylic acids is 1. The second kappa shape index (κ2) is 17.5. The number of aliphatic hydroxyl groups is 1. The van der Waals surface area contributed by atoms with E-state index in [1.807, 2.05) is 0 Å². The van der Waals surface area contributed by atoms with Crippen LogP contribution >= 0.6 is 11.6 Å². The van der Waals surface area contributed by atoms with Crippen LogP contribution in [0.1, 0.15) is 74.0 Å². The number of anilines is 3. The molecule has 17 heteroatoms. The smallest absolute Gasteiger partial charge is 0.280 e. The number of phenolic OH excluding ortho intramolecular Hbond substituents is 1. The van der Waals surface area contributed by atoms with Gasteiger partial charge in [-0.1, -0.05) is 30.5 Å². The van der Waals surface area contributed by atoms with Gasteiger partial charge in [-0.2, -0.15) is 0 Å². The SMILES string of the molecule is C[C@H](CCCC1CCN(CCCCN=C(N)NC(=O)c2nc(Cl)c(N)nc2N)CC1)NC[C@H](O)c1ccc(O)c(NS(C)(=O)=O)c1. The minimum atomic E-state index is -3.55. The fourth-order valence-electron chi connectivity index (χ4n) is 5.26. The Balaban J connectivity index is 1.25. The Morgan fingerprint density at radius 2 is 1.89 bits per heavy atom. The van der Waals surface area contributed by atoms with Crippen LogP contribution in [0, 0.1) is 5.92 Å². The van der Waals surface area contributed by atoms with E-state index in [9.17, 15) is 23.4 Å². The highest BCUT2D eigenvalue weighted by Crippen LogP contribution is 2.28. The minimum absolute atomic E-state index is 0.0314. The summed E-state index contributed by atoms with van der Waals surface area (Å²) in [5, 5.41) is 26.2. The van der Waals surface area contributed by atoms with E-state index in [1.54, 1.807) is 6.07 Å². The van der Waals surface area contributed by atoms with Crippen LogP contribution in [-0.4, -0.2) is 90.4 Å². The molecular formula is C29H47ClN10O5S. The Morgan fingerprint density at radius 1 is 1.17 bits per heavy atom. The molecule has 0 bridgehead atoms. The van der Waals surface area contributed by atoms with Gasteiger partial charge in [0.1, 0.15) is 5.75 Å². The van der Waals surface area contributed by atoms with Crippen LogP contribution in [0.15, 0.2) is 23.2 Å². The fourth-order valence-corrected chi connectivity index (χ4v) is 5.95. The molecule has 1 aromatic carbocycles. The number of benzene rings is 1. The number of rotatable bonds is 16. The lowest BCUT2D eigenvalue weighted by atomic mass is 9.91. The van der Waals surface area contributed by atoms with E-state index >= 15 is 0 Å². The summed E-state index contributed by atoms with van der Waals surface area (Å²) in [7, 11) is -3.55. The first-order valence-corrected chi connectivity index (χ1v) is 17.6. The van der Waals surface area contributed by atoms with Crippen LogP contribution in [0.25, 0.3) is 0 Å². The summed E-state index contributed by atoms with van der Waals surface area (Å²) in [5.74, 6) is -0.397. The van der Waals surface area contributed by atoms with Crippen molar-refractivity contribution in [3.8, 4) is 5.75 Å². The number of nitrogens with one attached hydrogen (secondary N) is 3. The predicted octanol–water partition coefficient (Wildman–Crippen LogP) is 1.79. The molecule has 0 unspecified atom stereocenters. The van der Waals surface area contributed by atoms with E-state index in [-0.39, 0.29) is 45.9 Å². The van der Waals surface area contributed by atoms with Crippen molar-refractivity contribution in [2.75, 3.05) is 55.2 Å². The molecule has 1 fully saturated rings. The van der Waals surface area contributed by atoms with E-state index < -0.39 is 22.0 Å². The number of piperidine rings is 1. The van der Waals surface area contributed by atoms with Crippen molar-refractivity contribution in [1.29, 1.82) is 0 Å². The molecule has 256 valence electrons. The number of amides is 1. The largest absolute Gasteiger partial charge is 0.506 e. The topological polar surface area (TPSA) is 247 Å². The van der Waals surface area contributed by atoms with E-state index in [4.69, 9.17) is 28.8 Å². The van der Waals surface area contributed by atoms with Crippen LogP contribution in [0.2, 0.25) is 5.15 Å². The Labute approximate surface area is 275 Å².